The number of halogens is 1. The second-order valence-electron chi connectivity index (χ2n) is 7.17. The Balaban J connectivity index is 0.00000240. The number of nitrogens with two attached hydrogens (primary N) is 1. The molecule has 2 aromatic rings. The van der Waals surface area contributed by atoms with Crippen molar-refractivity contribution in [1.29, 1.82) is 0 Å². The van der Waals surface area contributed by atoms with Crippen molar-refractivity contribution in [3.05, 3.63) is 65.7 Å². The molecule has 3 N–H and O–H groups in total. The highest BCUT2D eigenvalue weighted by Gasteiger charge is 2.41. The quantitative estimate of drug-likeness (QED) is 0.781. The highest BCUT2D eigenvalue weighted by atomic mass is 35.5. The average molecular weight is 416 g/mol. The molecule has 3 amide bonds. The number of para-hydroxylation sites is 1. The van der Waals surface area contributed by atoms with Gasteiger partial charge in [0.1, 0.15) is 12.7 Å². The van der Waals surface area contributed by atoms with Crippen LogP contribution in [0.3, 0.4) is 0 Å². The van der Waals surface area contributed by atoms with E-state index >= 15 is 0 Å². The molecule has 0 spiro atoms. The SMILES string of the molecule is Cl.NC(=O)CN1C(=O)N(Cc2ccccc2)c2ccccc2C1N1CCNCC1. The predicted molar refractivity (Wildman–Crippen MR) is 115 cm³/mol. The van der Waals surface area contributed by atoms with Crippen LogP contribution in [0.25, 0.3) is 0 Å². The third-order valence-corrected chi connectivity index (χ3v) is 5.28. The van der Waals surface area contributed by atoms with Gasteiger partial charge in [-0.1, -0.05) is 48.5 Å². The van der Waals surface area contributed by atoms with Crippen LogP contribution in [0, 0.1) is 0 Å². The van der Waals surface area contributed by atoms with Gasteiger partial charge >= 0.3 is 6.03 Å². The summed E-state index contributed by atoms with van der Waals surface area (Å²) in [7, 11) is 0. The fourth-order valence-electron chi connectivity index (χ4n) is 4.04. The number of urea groups is 1. The van der Waals surface area contributed by atoms with Crippen molar-refractivity contribution >= 4 is 30.0 Å². The van der Waals surface area contributed by atoms with Crippen molar-refractivity contribution in [3.63, 3.8) is 0 Å². The Morgan fingerprint density at radius 1 is 1.03 bits per heavy atom. The summed E-state index contributed by atoms with van der Waals surface area (Å²) in [4.78, 5) is 30.9. The summed E-state index contributed by atoms with van der Waals surface area (Å²) in [5.41, 5.74) is 8.46. The normalized spacial score (nSPS) is 19.4. The minimum atomic E-state index is -0.507. The summed E-state index contributed by atoms with van der Waals surface area (Å²) >= 11 is 0. The zero-order valence-electron chi connectivity index (χ0n) is 16.2. The van der Waals surface area contributed by atoms with E-state index in [0.717, 1.165) is 43.0 Å². The summed E-state index contributed by atoms with van der Waals surface area (Å²) in [5.74, 6) is -0.507. The molecular formula is C21H26ClN5O2. The summed E-state index contributed by atoms with van der Waals surface area (Å²) in [6.45, 7) is 3.66. The molecule has 0 bridgehead atoms. The van der Waals surface area contributed by atoms with Crippen LogP contribution in [-0.2, 0) is 11.3 Å². The third-order valence-electron chi connectivity index (χ3n) is 5.28. The molecule has 2 aromatic carbocycles. The number of carbonyl (C=O) groups excluding carboxylic acids is 2. The number of nitrogens with one attached hydrogen (secondary N) is 1. The van der Waals surface area contributed by atoms with E-state index in [4.69, 9.17) is 5.73 Å². The van der Waals surface area contributed by atoms with Crippen LogP contribution in [0.4, 0.5) is 10.5 Å². The molecule has 154 valence electrons. The van der Waals surface area contributed by atoms with Gasteiger partial charge in [0.15, 0.2) is 0 Å². The lowest BCUT2D eigenvalue weighted by atomic mass is 10.0. The van der Waals surface area contributed by atoms with E-state index in [2.05, 4.69) is 10.2 Å². The maximum absolute atomic E-state index is 13.5. The smallest absolute Gasteiger partial charge is 0.326 e. The Morgan fingerprint density at radius 3 is 2.38 bits per heavy atom. The number of benzene rings is 2. The number of rotatable bonds is 5. The summed E-state index contributed by atoms with van der Waals surface area (Å²) in [6.07, 6.45) is -0.287. The van der Waals surface area contributed by atoms with Gasteiger partial charge in [-0.3, -0.25) is 19.5 Å². The maximum Gasteiger partial charge on any atom is 0.326 e. The molecule has 4 rings (SSSR count). The van der Waals surface area contributed by atoms with Crippen LogP contribution in [0.5, 0.6) is 0 Å². The molecule has 0 aliphatic carbocycles. The number of hydrogen-bond acceptors (Lipinski definition) is 4. The van der Waals surface area contributed by atoms with E-state index in [9.17, 15) is 9.59 Å². The number of nitrogens with zero attached hydrogens (tertiary/aromatic N) is 3. The first-order valence-corrected chi connectivity index (χ1v) is 9.59. The first-order chi connectivity index (χ1) is 13.6. The van der Waals surface area contributed by atoms with Gasteiger partial charge in [0, 0.05) is 31.7 Å². The molecule has 7 nitrogen and oxygen atoms in total. The van der Waals surface area contributed by atoms with E-state index in [1.54, 1.807) is 9.80 Å². The molecule has 1 saturated heterocycles. The first kappa shape index (κ1) is 21.1. The number of amides is 3. The fourth-order valence-corrected chi connectivity index (χ4v) is 4.04. The van der Waals surface area contributed by atoms with Crippen LogP contribution in [0.15, 0.2) is 54.6 Å². The van der Waals surface area contributed by atoms with Gasteiger partial charge < -0.3 is 11.1 Å². The van der Waals surface area contributed by atoms with Gasteiger partial charge in [-0.05, 0) is 11.6 Å². The number of piperazine rings is 1. The van der Waals surface area contributed by atoms with Gasteiger partial charge in [-0.2, -0.15) is 0 Å². The predicted octanol–water partition coefficient (Wildman–Crippen LogP) is 1.94. The summed E-state index contributed by atoms with van der Waals surface area (Å²) < 4.78 is 0. The van der Waals surface area contributed by atoms with Crippen molar-refractivity contribution in [2.75, 3.05) is 37.6 Å². The molecule has 1 unspecified atom stereocenters. The molecule has 1 fully saturated rings. The third kappa shape index (κ3) is 4.37. The van der Waals surface area contributed by atoms with Crippen LogP contribution < -0.4 is 16.0 Å². The monoisotopic (exact) mass is 415 g/mol. The summed E-state index contributed by atoms with van der Waals surface area (Å²) in [5, 5.41) is 3.34. The van der Waals surface area contributed by atoms with Crippen molar-refractivity contribution in [1.82, 2.24) is 15.1 Å². The maximum atomic E-state index is 13.5. The minimum absolute atomic E-state index is 0. The Labute approximate surface area is 176 Å². The highest BCUT2D eigenvalue weighted by Crippen LogP contribution is 2.39. The van der Waals surface area contributed by atoms with Gasteiger partial charge in [-0.25, -0.2) is 4.79 Å². The molecule has 0 saturated carbocycles. The Morgan fingerprint density at radius 2 is 1.69 bits per heavy atom. The minimum Gasteiger partial charge on any atom is -0.368 e. The van der Waals surface area contributed by atoms with Gasteiger partial charge in [0.2, 0.25) is 5.91 Å². The molecule has 0 aromatic heterocycles. The number of anilines is 1. The van der Waals surface area contributed by atoms with E-state index < -0.39 is 5.91 Å². The first-order valence-electron chi connectivity index (χ1n) is 9.59. The highest BCUT2D eigenvalue weighted by molar-refractivity contribution is 5.97. The van der Waals surface area contributed by atoms with E-state index in [1.165, 1.54) is 0 Å². The number of fused-ring (bicyclic) bond motifs is 1. The average Bonchev–Trinajstić information content (AvgIpc) is 2.72. The van der Waals surface area contributed by atoms with Crippen LogP contribution in [-0.4, -0.2) is 54.5 Å². The van der Waals surface area contributed by atoms with E-state index in [-0.39, 0.29) is 31.1 Å². The zero-order valence-corrected chi connectivity index (χ0v) is 17.0. The lowest BCUT2D eigenvalue weighted by Gasteiger charge is -2.47. The number of carbonyl (C=O) groups is 2. The topological polar surface area (TPSA) is 81.9 Å². The van der Waals surface area contributed by atoms with Crippen molar-refractivity contribution in [2.24, 2.45) is 5.73 Å². The van der Waals surface area contributed by atoms with Gasteiger partial charge in [-0.15, -0.1) is 12.4 Å². The number of hydrogen-bond donors (Lipinski definition) is 2. The molecule has 2 aliphatic rings. The van der Waals surface area contributed by atoms with Crippen molar-refractivity contribution < 1.29 is 9.59 Å². The van der Waals surface area contributed by atoms with Crippen LogP contribution in [0.1, 0.15) is 17.3 Å². The Hall–Kier alpha value is -2.61. The molecule has 2 heterocycles. The Kier molecular flexibility index (Phi) is 6.74. The van der Waals surface area contributed by atoms with Crippen LogP contribution >= 0.6 is 12.4 Å². The molecule has 0 radical (unpaired) electrons. The molecule has 2 aliphatic heterocycles. The standard InChI is InChI=1S/C21H25N5O2.ClH/c22-19(27)15-26-20(24-12-10-23-11-13-24)17-8-4-5-9-18(17)25(21(26)28)14-16-6-2-1-3-7-16;/h1-9,20,23H,10-15H2,(H2,22,27);1H. The van der Waals surface area contributed by atoms with Gasteiger partial charge in [0.25, 0.3) is 0 Å². The second kappa shape index (κ2) is 9.26. The van der Waals surface area contributed by atoms with Crippen LogP contribution in [0.2, 0.25) is 0 Å². The lowest BCUT2D eigenvalue weighted by molar-refractivity contribution is -0.120. The lowest BCUT2D eigenvalue weighted by Crippen LogP contribution is -2.58. The molecule has 29 heavy (non-hydrogen) atoms. The summed E-state index contributed by atoms with van der Waals surface area (Å²) in [6, 6.07) is 17.6. The van der Waals surface area contributed by atoms with Gasteiger partial charge in [0.05, 0.1) is 12.2 Å². The Bertz CT molecular complexity index is 857. The van der Waals surface area contributed by atoms with Crippen molar-refractivity contribution in [3.8, 4) is 0 Å². The van der Waals surface area contributed by atoms with E-state index in [1.807, 2.05) is 54.6 Å². The van der Waals surface area contributed by atoms with Crippen molar-refractivity contribution in [2.45, 2.75) is 12.7 Å². The molecular weight excluding hydrogens is 390 g/mol. The second-order valence-corrected chi connectivity index (χ2v) is 7.17. The van der Waals surface area contributed by atoms with E-state index in [0.29, 0.717) is 6.54 Å². The molecule has 1 atom stereocenters. The largest absolute Gasteiger partial charge is 0.368 e. The number of primary amides is 1. The fraction of sp³-hybridized carbons (Fsp3) is 0.333. The zero-order chi connectivity index (χ0) is 19.5. The molecule has 8 heteroatoms.